The molecule has 2 heterocycles. The Morgan fingerprint density at radius 1 is 0.920 bits per heavy atom. The van der Waals surface area contributed by atoms with Crippen LogP contribution < -0.4 is 4.74 Å². The van der Waals surface area contributed by atoms with Crippen LogP contribution in [0.25, 0.3) is 16.9 Å². The van der Waals surface area contributed by atoms with Crippen molar-refractivity contribution in [3.8, 4) is 17.0 Å². The van der Waals surface area contributed by atoms with E-state index in [1.165, 1.54) is 0 Å². The van der Waals surface area contributed by atoms with Crippen molar-refractivity contribution in [1.29, 1.82) is 0 Å². The van der Waals surface area contributed by atoms with E-state index in [0.717, 1.165) is 34.0 Å². The van der Waals surface area contributed by atoms with E-state index in [4.69, 9.17) is 14.7 Å². The number of fused-ring (bicyclic) bond motifs is 1. The lowest BCUT2D eigenvalue weighted by Crippen LogP contribution is -1.85. The Hall–Kier alpha value is -3.40. The van der Waals surface area contributed by atoms with Gasteiger partial charge in [0.05, 0.1) is 7.11 Å². The van der Waals surface area contributed by atoms with Gasteiger partial charge in [-0.2, -0.15) is 0 Å². The molecule has 4 nitrogen and oxygen atoms in total. The van der Waals surface area contributed by atoms with Gasteiger partial charge in [-0.1, -0.05) is 36.4 Å². The number of ether oxygens (including phenoxy) is 1. The van der Waals surface area contributed by atoms with Gasteiger partial charge in [0.15, 0.2) is 5.82 Å². The van der Waals surface area contributed by atoms with Crippen LogP contribution in [0.1, 0.15) is 5.56 Å². The molecule has 4 heteroatoms. The van der Waals surface area contributed by atoms with Crippen molar-refractivity contribution in [2.24, 2.45) is 4.99 Å². The zero-order chi connectivity index (χ0) is 17.1. The number of methoxy groups -OCH3 is 1. The molecular weight excluding hydrogens is 310 g/mol. The molecule has 0 unspecified atom stereocenters. The normalized spacial score (nSPS) is 11.2. The number of rotatable bonds is 4. The van der Waals surface area contributed by atoms with Crippen molar-refractivity contribution in [3.63, 3.8) is 0 Å². The van der Waals surface area contributed by atoms with E-state index in [1.807, 2.05) is 89.6 Å². The molecule has 2 aromatic carbocycles. The molecule has 0 fully saturated rings. The highest BCUT2D eigenvalue weighted by atomic mass is 16.5. The van der Waals surface area contributed by atoms with Crippen molar-refractivity contribution >= 4 is 17.7 Å². The summed E-state index contributed by atoms with van der Waals surface area (Å²) in [5.41, 5.74) is 3.77. The average Bonchev–Trinajstić information content (AvgIpc) is 3.06. The lowest BCUT2D eigenvalue weighted by atomic mass is 10.1. The summed E-state index contributed by atoms with van der Waals surface area (Å²) in [7, 11) is 1.66. The second kappa shape index (κ2) is 6.61. The van der Waals surface area contributed by atoms with Crippen LogP contribution in [0.3, 0.4) is 0 Å². The van der Waals surface area contributed by atoms with Gasteiger partial charge >= 0.3 is 0 Å². The summed E-state index contributed by atoms with van der Waals surface area (Å²) in [4.78, 5) is 9.49. The molecule has 122 valence electrons. The molecule has 2 aromatic heterocycles. The number of benzene rings is 2. The highest BCUT2D eigenvalue weighted by Crippen LogP contribution is 2.31. The third-order valence-electron chi connectivity index (χ3n) is 4.00. The molecule has 0 saturated heterocycles. The number of nitrogens with zero attached hydrogens (tertiary/aromatic N) is 3. The fraction of sp³-hybridized carbons (Fsp3) is 0.0476. The van der Waals surface area contributed by atoms with Crippen LogP contribution in [0.5, 0.6) is 5.75 Å². The molecule has 0 saturated carbocycles. The Morgan fingerprint density at radius 2 is 1.68 bits per heavy atom. The number of imidazole rings is 1. The first-order valence-electron chi connectivity index (χ1n) is 8.06. The predicted molar refractivity (Wildman–Crippen MR) is 101 cm³/mol. The maximum atomic E-state index is 5.24. The number of hydrogen-bond donors (Lipinski definition) is 0. The van der Waals surface area contributed by atoms with Crippen molar-refractivity contribution in [2.45, 2.75) is 0 Å². The van der Waals surface area contributed by atoms with Crippen LogP contribution in [0.2, 0.25) is 0 Å². The SMILES string of the molecule is COc1ccc(-c2nc3ccccn3c2/N=C/c2ccccc2)cc1. The van der Waals surface area contributed by atoms with E-state index < -0.39 is 0 Å². The molecule has 25 heavy (non-hydrogen) atoms. The second-order valence-electron chi connectivity index (χ2n) is 5.61. The quantitative estimate of drug-likeness (QED) is 0.507. The molecule has 0 aliphatic heterocycles. The van der Waals surface area contributed by atoms with E-state index in [0.29, 0.717) is 0 Å². The zero-order valence-electron chi connectivity index (χ0n) is 13.8. The van der Waals surface area contributed by atoms with Gasteiger partial charge in [0.1, 0.15) is 17.1 Å². The van der Waals surface area contributed by atoms with Gasteiger partial charge in [-0.25, -0.2) is 9.98 Å². The van der Waals surface area contributed by atoms with E-state index >= 15 is 0 Å². The third kappa shape index (κ3) is 3.02. The summed E-state index contributed by atoms with van der Waals surface area (Å²) in [6.45, 7) is 0. The minimum atomic E-state index is 0.810. The fourth-order valence-electron chi connectivity index (χ4n) is 2.72. The van der Waals surface area contributed by atoms with Gasteiger partial charge in [-0.3, -0.25) is 4.40 Å². The summed E-state index contributed by atoms with van der Waals surface area (Å²) in [5, 5.41) is 0. The molecule has 0 N–H and O–H groups in total. The van der Waals surface area contributed by atoms with Crippen molar-refractivity contribution in [2.75, 3.05) is 7.11 Å². The highest BCUT2D eigenvalue weighted by molar-refractivity contribution is 5.85. The Kier molecular flexibility index (Phi) is 4.01. The lowest BCUT2D eigenvalue weighted by molar-refractivity contribution is 0.415. The monoisotopic (exact) mass is 327 g/mol. The lowest BCUT2D eigenvalue weighted by Gasteiger charge is -2.02. The molecule has 0 amide bonds. The fourth-order valence-corrected chi connectivity index (χ4v) is 2.72. The van der Waals surface area contributed by atoms with Gasteiger partial charge in [0, 0.05) is 18.0 Å². The predicted octanol–water partition coefficient (Wildman–Crippen LogP) is 4.76. The maximum Gasteiger partial charge on any atom is 0.165 e. The molecule has 0 atom stereocenters. The standard InChI is InChI=1S/C21H17N3O/c1-25-18-12-10-17(11-13-18)20-21(22-15-16-7-3-2-4-8-16)24-14-6-5-9-19(24)23-20/h2-15H,1H3/b22-15+. The molecule has 4 rings (SSSR count). The second-order valence-corrected chi connectivity index (χ2v) is 5.61. The summed E-state index contributed by atoms with van der Waals surface area (Å²) in [5.74, 6) is 1.63. The molecule has 0 radical (unpaired) electrons. The Morgan fingerprint density at radius 3 is 2.44 bits per heavy atom. The molecule has 0 bridgehead atoms. The van der Waals surface area contributed by atoms with E-state index in [9.17, 15) is 0 Å². The first-order chi connectivity index (χ1) is 12.3. The molecule has 0 aliphatic carbocycles. The maximum absolute atomic E-state index is 5.24. The van der Waals surface area contributed by atoms with E-state index in [-0.39, 0.29) is 0 Å². The Bertz CT molecular complexity index is 1020. The van der Waals surface area contributed by atoms with E-state index in [1.54, 1.807) is 7.11 Å². The minimum absolute atomic E-state index is 0.810. The average molecular weight is 327 g/mol. The van der Waals surface area contributed by atoms with Gasteiger partial charge in [-0.05, 0) is 42.0 Å². The summed E-state index contributed by atoms with van der Waals surface area (Å²) >= 11 is 0. The van der Waals surface area contributed by atoms with Crippen LogP contribution in [0.15, 0.2) is 84.0 Å². The molecule has 4 aromatic rings. The van der Waals surface area contributed by atoms with Crippen molar-refractivity contribution in [3.05, 3.63) is 84.6 Å². The first kappa shape index (κ1) is 15.1. The van der Waals surface area contributed by atoms with E-state index in [2.05, 4.69) is 0 Å². The highest BCUT2D eigenvalue weighted by Gasteiger charge is 2.13. The zero-order valence-corrected chi connectivity index (χ0v) is 13.8. The number of hydrogen-bond acceptors (Lipinski definition) is 3. The topological polar surface area (TPSA) is 38.9 Å². The van der Waals surface area contributed by atoms with Crippen LogP contribution >= 0.6 is 0 Å². The molecular formula is C21H17N3O. The summed E-state index contributed by atoms with van der Waals surface area (Å²) in [6.07, 6.45) is 3.84. The largest absolute Gasteiger partial charge is 0.497 e. The Labute approximate surface area is 146 Å². The van der Waals surface area contributed by atoms with Crippen LogP contribution in [0, 0.1) is 0 Å². The summed E-state index contributed by atoms with van der Waals surface area (Å²) < 4.78 is 7.24. The molecule has 0 aliphatic rings. The van der Waals surface area contributed by atoms with Gasteiger partial charge in [0.25, 0.3) is 0 Å². The first-order valence-corrected chi connectivity index (χ1v) is 8.06. The van der Waals surface area contributed by atoms with Gasteiger partial charge in [0.2, 0.25) is 0 Å². The van der Waals surface area contributed by atoms with Gasteiger partial charge < -0.3 is 4.74 Å². The van der Waals surface area contributed by atoms with Crippen LogP contribution in [0.4, 0.5) is 5.82 Å². The van der Waals surface area contributed by atoms with Crippen LogP contribution in [-0.2, 0) is 0 Å². The number of aliphatic imine (C=N–C) groups is 1. The minimum Gasteiger partial charge on any atom is -0.497 e. The van der Waals surface area contributed by atoms with Crippen molar-refractivity contribution < 1.29 is 4.74 Å². The Balaban J connectivity index is 1.84. The third-order valence-corrected chi connectivity index (χ3v) is 4.00. The smallest absolute Gasteiger partial charge is 0.165 e. The van der Waals surface area contributed by atoms with Gasteiger partial charge in [-0.15, -0.1) is 0 Å². The number of aromatic nitrogens is 2. The summed E-state index contributed by atoms with van der Waals surface area (Å²) in [6, 6.07) is 23.9. The molecule has 0 spiro atoms. The van der Waals surface area contributed by atoms with Crippen LogP contribution in [-0.4, -0.2) is 22.7 Å². The number of pyridine rings is 1. The van der Waals surface area contributed by atoms with Crippen molar-refractivity contribution in [1.82, 2.24) is 9.38 Å².